The lowest BCUT2D eigenvalue weighted by molar-refractivity contribution is -0.120. The fourth-order valence-corrected chi connectivity index (χ4v) is 2.76. The molecular weight excluding hydrogens is 317 g/mol. The van der Waals surface area contributed by atoms with Crippen molar-refractivity contribution < 1.29 is 9.18 Å². The quantitative estimate of drug-likeness (QED) is 0.627. The molecule has 0 radical (unpaired) electrons. The van der Waals surface area contributed by atoms with Crippen LogP contribution < -0.4 is 10.9 Å². The van der Waals surface area contributed by atoms with Crippen molar-refractivity contribution in [3.05, 3.63) is 57.8 Å². The van der Waals surface area contributed by atoms with E-state index in [2.05, 4.69) is 15.3 Å². The third kappa shape index (κ3) is 5.86. The monoisotopic (exact) mass is 335 g/mol. The van der Waals surface area contributed by atoms with Crippen molar-refractivity contribution in [2.45, 2.75) is 37.2 Å². The largest absolute Gasteiger partial charge is 0.354 e. The molecular formula is C16H18FN3O2S. The summed E-state index contributed by atoms with van der Waals surface area (Å²) in [6.45, 7) is 3.74. The van der Waals surface area contributed by atoms with E-state index in [4.69, 9.17) is 0 Å². The molecule has 2 rings (SSSR count). The van der Waals surface area contributed by atoms with Gasteiger partial charge >= 0.3 is 0 Å². The molecule has 2 aromatic rings. The van der Waals surface area contributed by atoms with Crippen LogP contribution in [0, 0.1) is 5.82 Å². The predicted molar refractivity (Wildman–Crippen MR) is 87.8 cm³/mol. The van der Waals surface area contributed by atoms with Gasteiger partial charge in [-0.15, -0.1) is 0 Å². The maximum Gasteiger partial charge on any atom is 0.251 e. The zero-order valence-corrected chi connectivity index (χ0v) is 13.7. The fraction of sp³-hybridized carbons (Fsp3) is 0.312. The molecule has 1 amide bonds. The Balaban J connectivity index is 2.03. The van der Waals surface area contributed by atoms with Crippen molar-refractivity contribution >= 4 is 17.7 Å². The summed E-state index contributed by atoms with van der Waals surface area (Å²) in [6.07, 6.45) is 0.0617. The number of carbonyl (C=O) groups excluding carboxylic acids is 1. The first-order chi connectivity index (χ1) is 10.9. The Labute approximate surface area is 137 Å². The second-order valence-electron chi connectivity index (χ2n) is 5.36. The van der Waals surface area contributed by atoms with Gasteiger partial charge < -0.3 is 10.3 Å². The second-order valence-corrected chi connectivity index (χ2v) is 6.32. The summed E-state index contributed by atoms with van der Waals surface area (Å²) in [7, 11) is 0. The average molecular weight is 335 g/mol. The van der Waals surface area contributed by atoms with Crippen LogP contribution in [0.3, 0.4) is 0 Å². The number of nitrogens with one attached hydrogen (secondary N) is 2. The van der Waals surface area contributed by atoms with Crippen molar-refractivity contribution in [1.29, 1.82) is 0 Å². The molecule has 0 saturated carbocycles. The molecule has 1 aromatic heterocycles. The van der Waals surface area contributed by atoms with E-state index >= 15 is 0 Å². The van der Waals surface area contributed by atoms with Crippen molar-refractivity contribution in [2.24, 2.45) is 0 Å². The molecule has 0 fully saturated rings. The van der Waals surface area contributed by atoms with E-state index in [0.29, 0.717) is 16.6 Å². The molecule has 0 spiro atoms. The minimum absolute atomic E-state index is 0.0387. The van der Waals surface area contributed by atoms with Crippen LogP contribution in [0.15, 0.2) is 40.3 Å². The summed E-state index contributed by atoms with van der Waals surface area (Å²) >= 11 is 1.33. The van der Waals surface area contributed by atoms with E-state index in [0.717, 1.165) is 5.56 Å². The van der Waals surface area contributed by atoms with Crippen molar-refractivity contribution in [1.82, 2.24) is 15.3 Å². The Morgan fingerprint density at radius 2 is 2.04 bits per heavy atom. The molecule has 0 bridgehead atoms. The molecule has 0 saturated heterocycles. The molecule has 0 aliphatic heterocycles. The first-order valence-electron chi connectivity index (χ1n) is 7.19. The Bertz CT molecular complexity index is 729. The molecule has 2 N–H and O–H groups in total. The minimum Gasteiger partial charge on any atom is -0.354 e. The molecule has 7 heteroatoms. The molecule has 1 heterocycles. The first-order valence-corrected chi connectivity index (χ1v) is 8.18. The van der Waals surface area contributed by atoms with E-state index in [-0.39, 0.29) is 29.7 Å². The Hall–Kier alpha value is -2.15. The zero-order valence-electron chi connectivity index (χ0n) is 12.9. The Kier molecular flexibility index (Phi) is 5.92. The van der Waals surface area contributed by atoms with E-state index in [1.54, 1.807) is 12.1 Å². The van der Waals surface area contributed by atoms with Crippen LogP contribution in [-0.4, -0.2) is 21.9 Å². The molecule has 1 aromatic carbocycles. The second kappa shape index (κ2) is 7.92. The molecule has 0 aliphatic carbocycles. The van der Waals surface area contributed by atoms with Gasteiger partial charge in [-0.05, 0) is 31.5 Å². The van der Waals surface area contributed by atoms with Crippen LogP contribution in [0.4, 0.5) is 4.39 Å². The molecule has 0 aliphatic rings. The van der Waals surface area contributed by atoms with E-state index in [9.17, 15) is 14.0 Å². The van der Waals surface area contributed by atoms with Crippen molar-refractivity contribution in [3.63, 3.8) is 0 Å². The van der Waals surface area contributed by atoms with Gasteiger partial charge in [0.1, 0.15) is 5.82 Å². The Morgan fingerprint density at radius 1 is 1.35 bits per heavy atom. The maximum absolute atomic E-state index is 12.9. The topological polar surface area (TPSA) is 74.8 Å². The van der Waals surface area contributed by atoms with Crippen molar-refractivity contribution in [2.75, 3.05) is 0 Å². The van der Waals surface area contributed by atoms with Crippen molar-refractivity contribution in [3.8, 4) is 0 Å². The summed E-state index contributed by atoms with van der Waals surface area (Å²) in [5.74, 6) is 0.0845. The molecule has 5 nitrogen and oxygen atoms in total. The number of hydrogen-bond donors (Lipinski definition) is 2. The van der Waals surface area contributed by atoms with Gasteiger partial charge in [0, 0.05) is 17.9 Å². The number of H-pyrrole nitrogens is 1. The lowest BCUT2D eigenvalue weighted by Gasteiger charge is -2.08. The van der Waals surface area contributed by atoms with Crippen LogP contribution in [0.5, 0.6) is 0 Å². The fourth-order valence-electron chi connectivity index (χ4n) is 1.91. The Morgan fingerprint density at radius 3 is 2.70 bits per heavy atom. The summed E-state index contributed by atoms with van der Waals surface area (Å²) in [5.41, 5.74) is 1.05. The number of thioether (sulfide) groups is 1. The molecule has 0 atom stereocenters. The summed E-state index contributed by atoms with van der Waals surface area (Å²) in [5, 5.41) is 3.20. The number of aromatic nitrogens is 2. The summed E-state index contributed by atoms with van der Waals surface area (Å²) < 4.78 is 12.9. The smallest absolute Gasteiger partial charge is 0.251 e. The van der Waals surface area contributed by atoms with Gasteiger partial charge in [-0.3, -0.25) is 9.59 Å². The highest BCUT2D eigenvalue weighted by molar-refractivity contribution is 7.98. The number of carbonyl (C=O) groups is 1. The van der Waals surface area contributed by atoms with Gasteiger partial charge in [0.2, 0.25) is 5.91 Å². The third-order valence-corrected chi connectivity index (χ3v) is 3.80. The SMILES string of the molecule is CC(C)NC(=O)Cc1cc(=O)[nH]c(SCc2ccc(F)cc2)n1. The first kappa shape index (κ1) is 17.2. The van der Waals surface area contributed by atoms with E-state index < -0.39 is 0 Å². The highest BCUT2D eigenvalue weighted by Gasteiger charge is 2.09. The molecule has 122 valence electrons. The number of aromatic amines is 1. The van der Waals surface area contributed by atoms with Gasteiger partial charge in [0.15, 0.2) is 5.16 Å². The minimum atomic E-state index is -0.297. The number of rotatable bonds is 6. The lowest BCUT2D eigenvalue weighted by atomic mass is 10.2. The molecule has 0 unspecified atom stereocenters. The average Bonchev–Trinajstić information content (AvgIpc) is 2.45. The van der Waals surface area contributed by atoms with Gasteiger partial charge in [-0.1, -0.05) is 23.9 Å². The van der Waals surface area contributed by atoms with Gasteiger partial charge in [-0.25, -0.2) is 9.37 Å². The van der Waals surface area contributed by atoms with Crippen LogP contribution >= 0.6 is 11.8 Å². The zero-order chi connectivity index (χ0) is 16.8. The van der Waals surface area contributed by atoms with Crippen LogP contribution in [0.1, 0.15) is 25.1 Å². The summed E-state index contributed by atoms with van der Waals surface area (Å²) in [6, 6.07) is 7.50. The number of hydrogen-bond acceptors (Lipinski definition) is 4. The molecule has 23 heavy (non-hydrogen) atoms. The van der Waals surface area contributed by atoms with Gasteiger partial charge in [0.05, 0.1) is 12.1 Å². The van der Waals surface area contributed by atoms with Gasteiger partial charge in [0.25, 0.3) is 5.56 Å². The van der Waals surface area contributed by atoms with Crippen LogP contribution in [0.25, 0.3) is 0 Å². The van der Waals surface area contributed by atoms with E-state index in [1.807, 2.05) is 13.8 Å². The van der Waals surface area contributed by atoms with Crippen LogP contribution in [0.2, 0.25) is 0 Å². The maximum atomic E-state index is 12.9. The van der Waals surface area contributed by atoms with E-state index in [1.165, 1.54) is 30.0 Å². The number of halogens is 1. The standard InChI is InChI=1S/C16H18FN3O2S/c1-10(2)18-14(21)7-13-8-15(22)20-16(19-13)23-9-11-3-5-12(17)6-4-11/h3-6,8,10H,7,9H2,1-2H3,(H,18,21)(H,19,20,22). The number of nitrogens with zero attached hydrogens (tertiary/aromatic N) is 1. The number of benzene rings is 1. The van der Waals surface area contributed by atoms with Crippen LogP contribution in [-0.2, 0) is 17.0 Å². The highest BCUT2D eigenvalue weighted by atomic mass is 32.2. The lowest BCUT2D eigenvalue weighted by Crippen LogP contribution is -2.32. The summed E-state index contributed by atoms with van der Waals surface area (Å²) in [4.78, 5) is 30.4. The normalized spacial score (nSPS) is 10.8. The highest BCUT2D eigenvalue weighted by Crippen LogP contribution is 2.18. The third-order valence-electron chi connectivity index (χ3n) is 2.85. The number of amides is 1. The van der Waals surface area contributed by atoms with Gasteiger partial charge in [-0.2, -0.15) is 0 Å². The predicted octanol–water partition coefficient (Wildman–Crippen LogP) is 2.27.